The first-order chi connectivity index (χ1) is 16.7. The van der Waals surface area contributed by atoms with E-state index in [-0.39, 0.29) is 17.2 Å². The van der Waals surface area contributed by atoms with Crippen LogP contribution in [0.3, 0.4) is 0 Å². The minimum atomic E-state index is -0.602. The zero-order valence-corrected chi connectivity index (χ0v) is 19.9. The first-order valence-corrected chi connectivity index (χ1v) is 11.6. The molecule has 1 aromatic carbocycles. The van der Waals surface area contributed by atoms with Gasteiger partial charge >= 0.3 is 0 Å². The Bertz CT molecular complexity index is 1420. The summed E-state index contributed by atoms with van der Waals surface area (Å²) in [4.78, 5) is 40.5. The molecule has 5 heterocycles. The quantitative estimate of drug-likeness (QED) is 0.587. The summed E-state index contributed by atoms with van der Waals surface area (Å²) in [7, 11) is 1.83. The number of carbonyl (C=O) groups excluding carboxylic acids is 2. The maximum atomic E-state index is 13.3. The van der Waals surface area contributed by atoms with Crippen LogP contribution in [0, 0.1) is 16.7 Å². The number of anilines is 2. The Morgan fingerprint density at radius 2 is 1.83 bits per heavy atom. The van der Waals surface area contributed by atoms with E-state index in [1.54, 1.807) is 46.3 Å². The fourth-order valence-corrected chi connectivity index (χ4v) is 5.72. The molecule has 2 fully saturated rings. The van der Waals surface area contributed by atoms with E-state index < -0.39 is 5.54 Å². The highest BCUT2D eigenvalue weighted by Gasteiger charge is 2.54. The first-order valence-electron chi connectivity index (χ1n) is 11.6. The fourth-order valence-electron chi connectivity index (χ4n) is 5.72. The summed E-state index contributed by atoms with van der Waals surface area (Å²) in [5.74, 6) is 0.351. The molecule has 0 unspecified atom stereocenters. The predicted octanol–water partition coefficient (Wildman–Crippen LogP) is 2.54. The number of aryl methyl sites for hydroxylation is 1. The number of fused-ring (bicyclic) bond motifs is 1. The molecule has 2 aromatic heterocycles. The molecule has 176 valence electrons. The fraction of sp³-hybridized carbons (Fsp3) is 0.346. The average molecular weight is 468 g/mol. The molecule has 0 aliphatic carbocycles. The Morgan fingerprint density at radius 3 is 2.51 bits per heavy atom. The minimum absolute atomic E-state index is 0.0286. The van der Waals surface area contributed by atoms with Crippen LogP contribution in [-0.4, -0.2) is 57.4 Å². The van der Waals surface area contributed by atoms with Crippen molar-refractivity contribution in [1.29, 1.82) is 5.26 Å². The highest BCUT2D eigenvalue weighted by molar-refractivity contribution is 6.12. The summed E-state index contributed by atoms with van der Waals surface area (Å²) in [5.41, 5.74) is 3.20. The molecule has 2 amide bonds. The van der Waals surface area contributed by atoms with Crippen molar-refractivity contribution in [2.75, 3.05) is 36.0 Å². The minimum Gasteiger partial charge on any atom is -0.369 e. The molecule has 6 rings (SSSR count). The summed E-state index contributed by atoms with van der Waals surface area (Å²) in [6, 6.07) is 9.40. The molecule has 3 aromatic rings. The maximum Gasteiger partial charge on any atom is 0.289 e. The van der Waals surface area contributed by atoms with Gasteiger partial charge in [-0.15, -0.1) is 0 Å². The van der Waals surface area contributed by atoms with Gasteiger partial charge < -0.3 is 14.4 Å². The van der Waals surface area contributed by atoms with E-state index in [9.17, 15) is 14.9 Å². The summed E-state index contributed by atoms with van der Waals surface area (Å²) >= 11 is 0. The van der Waals surface area contributed by atoms with Gasteiger partial charge in [0, 0.05) is 56.6 Å². The van der Waals surface area contributed by atoms with Crippen LogP contribution >= 0.6 is 0 Å². The number of hydrogen-bond donors (Lipinski definition) is 0. The molecule has 3 aliphatic rings. The average Bonchev–Trinajstić information content (AvgIpc) is 3.30. The van der Waals surface area contributed by atoms with Gasteiger partial charge in [0.15, 0.2) is 5.82 Å². The number of nitrogens with zero attached hydrogens (tertiary/aromatic N) is 7. The zero-order chi connectivity index (χ0) is 24.5. The summed E-state index contributed by atoms with van der Waals surface area (Å²) < 4.78 is 1.75. The molecule has 0 N–H and O–H groups in total. The third kappa shape index (κ3) is 3.06. The second kappa shape index (κ2) is 7.15. The molecule has 0 saturated carbocycles. The normalized spacial score (nSPS) is 19.3. The van der Waals surface area contributed by atoms with Crippen LogP contribution in [0.1, 0.15) is 46.0 Å². The molecule has 9 heteroatoms. The molecule has 0 radical (unpaired) electrons. The summed E-state index contributed by atoms with van der Waals surface area (Å²) in [6.45, 7) is 7.10. The Labute approximate surface area is 203 Å². The smallest absolute Gasteiger partial charge is 0.289 e. The molecule has 35 heavy (non-hydrogen) atoms. The molecular weight excluding hydrogens is 442 g/mol. The van der Waals surface area contributed by atoms with E-state index in [1.165, 1.54) is 0 Å². The van der Waals surface area contributed by atoms with Crippen molar-refractivity contribution >= 4 is 23.2 Å². The SMILES string of the molecule is Cn1ccnc1C(=O)N1CC2(C1)CN(c1cncc(N3C(=O)c4ccc(C#N)cc4C3(C)C)c1)C2. The molecule has 0 bridgehead atoms. The van der Waals surface area contributed by atoms with Crippen LogP contribution in [0.25, 0.3) is 0 Å². The van der Waals surface area contributed by atoms with Crippen LogP contribution in [0.4, 0.5) is 11.4 Å². The van der Waals surface area contributed by atoms with E-state index in [0.29, 0.717) is 17.0 Å². The number of hydrogen-bond acceptors (Lipinski definition) is 6. The lowest BCUT2D eigenvalue weighted by atomic mass is 9.72. The number of carbonyl (C=O) groups is 2. The zero-order valence-electron chi connectivity index (χ0n) is 19.9. The van der Waals surface area contributed by atoms with Crippen molar-refractivity contribution in [2.45, 2.75) is 19.4 Å². The highest BCUT2D eigenvalue weighted by Crippen LogP contribution is 2.45. The van der Waals surface area contributed by atoms with Gasteiger partial charge in [0.1, 0.15) is 0 Å². The van der Waals surface area contributed by atoms with Crippen LogP contribution in [0.15, 0.2) is 49.1 Å². The number of amides is 2. The van der Waals surface area contributed by atoms with Crippen molar-refractivity contribution < 1.29 is 9.59 Å². The van der Waals surface area contributed by atoms with E-state index in [0.717, 1.165) is 43.1 Å². The molecule has 3 aliphatic heterocycles. The van der Waals surface area contributed by atoms with E-state index in [4.69, 9.17) is 0 Å². The second-order valence-electron chi connectivity index (χ2n) is 10.4. The van der Waals surface area contributed by atoms with Crippen molar-refractivity contribution in [3.05, 3.63) is 71.6 Å². The number of nitriles is 1. The number of imidazole rings is 1. The number of rotatable bonds is 3. The number of pyridine rings is 1. The molecule has 2 saturated heterocycles. The molecule has 0 atom stereocenters. The van der Waals surface area contributed by atoms with Gasteiger partial charge in [-0.25, -0.2) is 4.98 Å². The lowest BCUT2D eigenvalue weighted by molar-refractivity contribution is -0.0115. The number of likely N-dealkylation sites (tertiary alicyclic amines) is 1. The van der Waals surface area contributed by atoms with Gasteiger partial charge in [0.05, 0.1) is 40.9 Å². The van der Waals surface area contributed by atoms with Crippen LogP contribution in [0.2, 0.25) is 0 Å². The topological polar surface area (TPSA) is 98.4 Å². The van der Waals surface area contributed by atoms with E-state index in [1.807, 2.05) is 38.1 Å². The Kier molecular flexibility index (Phi) is 4.36. The molecule has 1 spiro atoms. The van der Waals surface area contributed by atoms with Gasteiger partial charge in [-0.1, -0.05) is 0 Å². The Hall–Kier alpha value is -4.19. The molecule has 9 nitrogen and oxygen atoms in total. The van der Waals surface area contributed by atoms with E-state index >= 15 is 0 Å². The van der Waals surface area contributed by atoms with Crippen LogP contribution in [-0.2, 0) is 12.6 Å². The highest BCUT2D eigenvalue weighted by atomic mass is 16.2. The van der Waals surface area contributed by atoms with Crippen molar-refractivity contribution in [1.82, 2.24) is 19.4 Å². The van der Waals surface area contributed by atoms with Gasteiger partial charge in [0.2, 0.25) is 0 Å². The predicted molar refractivity (Wildman–Crippen MR) is 129 cm³/mol. The summed E-state index contributed by atoms with van der Waals surface area (Å²) in [5, 5.41) is 9.30. The first kappa shape index (κ1) is 21.4. The van der Waals surface area contributed by atoms with E-state index in [2.05, 4.69) is 20.9 Å². The number of benzene rings is 1. The van der Waals surface area contributed by atoms with Crippen LogP contribution < -0.4 is 9.80 Å². The third-order valence-electron chi connectivity index (χ3n) is 7.54. The van der Waals surface area contributed by atoms with Gasteiger partial charge in [-0.2, -0.15) is 5.26 Å². The Morgan fingerprint density at radius 1 is 1.09 bits per heavy atom. The van der Waals surface area contributed by atoms with Crippen LogP contribution in [0.5, 0.6) is 0 Å². The lowest BCUT2D eigenvalue weighted by Gasteiger charge is -2.60. The largest absolute Gasteiger partial charge is 0.369 e. The monoisotopic (exact) mass is 467 g/mol. The van der Waals surface area contributed by atoms with Gasteiger partial charge in [-0.05, 0) is 43.7 Å². The standard InChI is InChI=1S/C26H25N7O2/c1-25(2)21-8-17(10-27)4-5-20(21)23(34)33(25)19-9-18(11-28-12-19)31-13-26(14-31)15-32(16-26)24(35)22-29-6-7-30(22)3/h4-9,11-12H,13-16H2,1-3H3. The van der Waals surface area contributed by atoms with Crippen molar-refractivity contribution in [3.63, 3.8) is 0 Å². The maximum absolute atomic E-state index is 13.3. The summed E-state index contributed by atoms with van der Waals surface area (Å²) in [6.07, 6.45) is 6.95. The molecular formula is C26H25N7O2. The van der Waals surface area contributed by atoms with Gasteiger partial charge in [0.25, 0.3) is 11.8 Å². The third-order valence-corrected chi connectivity index (χ3v) is 7.54. The van der Waals surface area contributed by atoms with Crippen molar-refractivity contribution in [2.24, 2.45) is 12.5 Å². The number of aromatic nitrogens is 3. The van der Waals surface area contributed by atoms with Gasteiger partial charge in [-0.3, -0.25) is 19.5 Å². The second-order valence-corrected chi connectivity index (χ2v) is 10.4. The van der Waals surface area contributed by atoms with Crippen molar-refractivity contribution in [3.8, 4) is 6.07 Å². The Balaban J connectivity index is 1.17. The lowest BCUT2D eigenvalue weighted by Crippen LogP contribution is -2.73.